The molecule has 28 heavy (non-hydrogen) atoms. The highest BCUT2D eigenvalue weighted by atomic mass is 35.5. The summed E-state index contributed by atoms with van der Waals surface area (Å²) >= 11 is 6.07. The highest BCUT2D eigenvalue weighted by Crippen LogP contribution is 2.33. The van der Waals surface area contributed by atoms with Gasteiger partial charge in [0.2, 0.25) is 0 Å². The lowest BCUT2D eigenvalue weighted by Gasteiger charge is -2.13. The van der Waals surface area contributed by atoms with Gasteiger partial charge < -0.3 is 9.30 Å². The van der Waals surface area contributed by atoms with Crippen molar-refractivity contribution >= 4 is 27.5 Å². The Morgan fingerprint density at radius 2 is 2.11 bits per heavy atom. The molecule has 0 spiro atoms. The summed E-state index contributed by atoms with van der Waals surface area (Å²) < 4.78 is 35.2. The molecule has 2 heterocycles. The van der Waals surface area contributed by atoms with Gasteiger partial charge in [0, 0.05) is 30.4 Å². The molecular weight excluding hydrogens is 402 g/mol. The molecule has 1 aliphatic heterocycles. The van der Waals surface area contributed by atoms with Gasteiger partial charge in [0.25, 0.3) is 15.9 Å². The number of aromatic nitrogens is 2. The number of fused-ring (bicyclic) bond motifs is 1. The average Bonchev–Trinajstić information content (AvgIpc) is 3.32. The quantitative estimate of drug-likeness (QED) is 0.689. The van der Waals surface area contributed by atoms with Crippen LogP contribution in [-0.2, 0) is 23.0 Å². The SMILES string of the molecule is O=C(NS(=O)(=O)c1ccccc1Cn1ccnc1)c1cc(Cl)cc2c1OCC2. The highest BCUT2D eigenvalue weighted by molar-refractivity contribution is 7.90. The maximum absolute atomic E-state index is 12.9. The normalized spacial score (nSPS) is 13.0. The van der Waals surface area contributed by atoms with Gasteiger partial charge in [0.1, 0.15) is 5.75 Å². The Hall–Kier alpha value is -2.84. The van der Waals surface area contributed by atoms with E-state index in [1.165, 1.54) is 12.1 Å². The minimum absolute atomic E-state index is 0.0247. The van der Waals surface area contributed by atoms with E-state index in [4.69, 9.17) is 16.3 Å². The van der Waals surface area contributed by atoms with E-state index >= 15 is 0 Å². The molecule has 0 aliphatic carbocycles. The Morgan fingerprint density at radius 1 is 1.29 bits per heavy atom. The molecule has 0 unspecified atom stereocenters. The van der Waals surface area contributed by atoms with Crippen LogP contribution in [-0.4, -0.2) is 30.5 Å². The standard InChI is InChI=1S/C19H16ClN3O4S/c20-15-9-13-5-8-27-18(13)16(10-15)19(24)22-28(25,26)17-4-2-1-3-14(17)11-23-7-6-21-12-23/h1-4,6-7,9-10,12H,5,8,11H2,(H,22,24). The van der Waals surface area contributed by atoms with Crippen molar-refractivity contribution in [3.05, 3.63) is 76.8 Å². The number of carbonyl (C=O) groups is 1. The zero-order valence-electron chi connectivity index (χ0n) is 14.6. The van der Waals surface area contributed by atoms with Gasteiger partial charge in [-0.15, -0.1) is 0 Å². The van der Waals surface area contributed by atoms with Crippen molar-refractivity contribution in [3.63, 3.8) is 0 Å². The lowest BCUT2D eigenvalue weighted by atomic mass is 10.1. The zero-order valence-corrected chi connectivity index (χ0v) is 16.2. The van der Waals surface area contributed by atoms with E-state index in [2.05, 4.69) is 9.71 Å². The van der Waals surface area contributed by atoms with Gasteiger partial charge in [-0.2, -0.15) is 0 Å². The molecule has 0 saturated heterocycles. The minimum atomic E-state index is -4.10. The summed E-state index contributed by atoms with van der Waals surface area (Å²) in [7, 11) is -4.10. The minimum Gasteiger partial charge on any atom is -0.492 e. The maximum Gasteiger partial charge on any atom is 0.268 e. The Labute approximate surface area is 167 Å². The molecule has 0 fully saturated rings. The first-order valence-electron chi connectivity index (χ1n) is 8.50. The van der Waals surface area contributed by atoms with Crippen molar-refractivity contribution in [2.45, 2.75) is 17.9 Å². The molecule has 0 atom stereocenters. The number of ether oxygens (including phenoxy) is 1. The number of carbonyl (C=O) groups excluding carboxylic acids is 1. The van der Waals surface area contributed by atoms with Crippen LogP contribution in [0.2, 0.25) is 5.02 Å². The van der Waals surface area contributed by atoms with Gasteiger partial charge in [-0.25, -0.2) is 18.1 Å². The topological polar surface area (TPSA) is 90.3 Å². The second-order valence-electron chi connectivity index (χ2n) is 6.32. The molecular formula is C19H16ClN3O4S. The summed E-state index contributed by atoms with van der Waals surface area (Å²) in [5, 5.41) is 0.354. The second-order valence-corrected chi connectivity index (χ2v) is 8.40. The number of hydrogen-bond donors (Lipinski definition) is 1. The van der Waals surface area contributed by atoms with Crippen LogP contribution < -0.4 is 9.46 Å². The van der Waals surface area contributed by atoms with E-state index in [-0.39, 0.29) is 10.5 Å². The van der Waals surface area contributed by atoms with Crippen LogP contribution in [0.3, 0.4) is 0 Å². The summed E-state index contributed by atoms with van der Waals surface area (Å²) in [6.45, 7) is 0.734. The number of nitrogens with zero attached hydrogens (tertiary/aromatic N) is 2. The monoisotopic (exact) mass is 417 g/mol. The third-order valence-corrected chi connectivity index (χ3v) is 6.04. The average molecular weight is 418 g/mol. The number of rotatable bonds is 5. The molecule has 3 aromatic rings. The summed E-state index contributed by atoms with van der Waals surface area (Å²) in [6, 6.07) is 9.63. The largest absolute Gasteiger partial charge is 0.492 e. The van der Waals surface area contributed by atoms with E-state index in [1.54, 1.807) is 47.6 Å². The Bertz CT molecular complexity index is 1140. The Kier molecular flexibility index (Phi) is 4.82. The van der Waals surface area contributed by atoms with Gasteiger partial charge in [0.15, 0.2) is 0 Å². The molecule has 7 nitrogen and oxygen atoms in total. The van der Waals surface area contributed by atoms with Gasteiger partial charge >= 0.3 is 0 Å². The van der Waals surface area contributed by atoms with Crippen LogP contribution in [0.5, 0.6) is 5.75 Å². The predicted molar refractivity (Wildman–Crippen MR) is 103 cm³/mol. The molecule has 9 heteroatoms. The molecule has 4 rings (SSSR count). The summed E-state index contributed by atoms with van der Waals surface area (Å²) in [5.41, 5.74) is 1.43. The molecule has 0 saturated carbocycles. The molecule has 144 valence electrons. The lowest BCUT2D eigenvalue weighted by Crippen LogP contribution is -2.31. The Balaban J connectivity index is 1.65. The number of imidazole rings is 1. The van der Waals surface area contributed by atoms with Gasteiger partial charge in [-0.1, -0.05) is 29.8 Å². The van der Waals surface area contributed by atoms with E-state index < -0.39 is 15.9 Å². The number of amides is 1. The second kappa shape index (κ2) is 7.29. The van der Waals surface area contributed by atoms with Crippen molar-refractivity contribution in [2.75, 3.05) is 6.61 Å². The highest BCUT2D eigenvalue weighted by Gasteiger charge is 2.27. The fourth-order valence-corrected chi connectivity index (χ4v) is 4.58. The maximum atomic E-state index is 12.9. The van der Waals surface area contributed by atoms with Crippen LogP contribution in [0.25, 0.3) is 0 Å². The first kappa shape index (κ1) is 18.5. The molecule has 1 aromatic heterocycles. The van der Waals surface area contributed by atoms with Gasteiger partial charge in [0.05, 0.1) is 23.4 Å². The predicted octanol–water partition coefficient (Wildman–Crippen LogP) is 2.64. The third-order valence-electron chi connectivity index (χ3n) is 4.39. The van der Waals surface area contributed by atoms with Crippen molar-refractivity contribution in [1.29, 1.82) is 0 Å². The zero-order chi connectivity index (χ0) is 19.7. The van der Waals surface area contributed by atoms with Gasteiger partial charge in [-0.3, -0.25) is 4.79 Å². The summed E-state index contributed by atoms with van der Waals surface area (Å²) in [4.78, 5) is 16.7. The van der Waals surface area contributed by atoms with Crippen molar-refractivity contribution < 1.29 is 17.9 Å². The van der Waals surface area contributed by atoms with E-state index in [9.17, 15) is 13.2 Å². The molecule has 1 N–H and O–H groups in total. The van der Waals surface area contributed by atoms with Crippen LogP contribution >= 0.6 is 11.6 Å². The van der Waals surface area contributed by atoms with Crippen LogP contribution in [0.4, 0.5) is 0 Å². The summed E-state index contributed by atoms with van der Waals surface area (Å²) in [6.07, 6.45) is 5.55. The first-order chi connectivity index (χ1) is 13.4. The Morgan fingerprint density at radius 3 is 2.89 bits per heavy atom. The van der Waals surface area contributed by atoms with Gasteiger partial charge in [-0.05, 0) is 29.3 Å². The van der Waals surface area contributed by atoms with Crippen molar-refractivity contribution in [2.24, 2.45) is 0 Å². The molecule has 1 amide bonds. The number of sulfonamides is 1. The molecule has 2 aromatic carbocycles. The molecule has 1 aliphatic rings. The number of benzene rings is 2. The lowest BCUT2D eigenvalue weighted by molar-refractivity contribution is 0.0978. The van der Waals surface area contributed by atoms with E-state index in [1.807, 2.05) is 0 Å². The van der Waals surface area contributed by atoms with Crippen molar-refractivity contribution in [3.8, 4) is 5.75 Å². The summed E-state index contributed by atoms with van der Waals surface area (Å²) in [5.74, 6) is -0.401. The number of hydrogen-bond acceptors (Lipinski definition) is 5. The van der Waals surface area contributed by atoms with Crippen LogP contribution in [0.1, 0.15) is 21.5 Å². The van der Waals surface area contributed by atoms with E-state index in [0.717, 1.165) is 5.56 Å². The van der Waals surface area contributed by atoms with Crippen molar-refractivity contribution in [1.82, 2.24) is 14.3 Å². The van der Waals surface area contributed by atoms with E-state index in [0.29, 0.717) is 35.9 Å². The van der Waals surface area contributed by atoms with Crippen LogP contribution in [0.15, 0.2) is 60.0 Å². The fraction of sp³-hybridized carbons (Fsp3) is 0.158. The number of halogens is 1. The third kappa shape index (κ3) is 3.61. The first-order valence-corrected chi connectivity index (χ1v) is 10.4. The molecule has 0 radical (unpaired) electrons. The number of nitrogens with one attached hydrogen (secondary N) is 1. The molecule has 0 bridgehead atoms. The fourth-order valence-electron chi connectivity index (χ4n) is 3.14. The smallest absolute Gasteiger partial charge is 0.268 e. The van der Waals surface area contributed by atoms with Crippen LogP contribution in [0, 0.1) is 0 Å².